The fourth-order valence-electron chi connectivity index (χ4n) is 5.14. The lowest BCUT2D eigenvalue weighted by atomic mass is 9.80. The van der Waals surface area contributed by atoms with Gasteiger partial charge in [-0.25, -0.2) is 0 Å². The molecule has 6 heteroatoms. The van der Waals surface area contributed by atoms with Crippen LogP contribution in [0.25, 0.3) is 6.08 Å². The largest absolute Gasteiger partial charge is 0.364 e. The van der Waals surface area contributed by atoms with Crippen molar-refractivity contribution < 1.29 is 9.32 Å². The molecule has 4 heterocycles. The number of rotatable bonds is 3. The third-order valence-corrected chi connectivity index (χ3v) is 7.79. The molecule has 6 rings (SSSR count). The maximum atomic E-state index is 11.3. The summed E-state index contributed by atoms with van der Waals surface area (Å²) in [7, 11) is 0. The van der Waals surface area contributed by atoms with Gasteiger partial charge in [0.2, 0.25) is 0 Å². The van der Waals surface area contributed by atoms with E-state index in [-0.39, 0.29) is 35.1 Å². The minimum Gasteiger partial charge on any atom is -0.364 e. The van der Waals surface area contributed by atoms with E-state index in [2.05, 4.69) is 111 Å². The van der Waals surface area contributed by atoms with E-state index in [1.54, 1.807) is 12.5 Å². The number of carbonyl (C=O) groups is 1. The second-order valence-corrected chi connectivity index (χ2v) is 13.3. The van der Waals surface area contributed by atoms with E-state index >= 15 is 0 Å². The van der Waals surface area contributed by atoms with Crippen LogP contribution in [0, 0.1) is 0 Å². The van der Waals surface area contributed by atoms with Gasteiger partial charge in [-0.05, 0) is 81.7 Å². The third-order valence-electron chi connectivity index (χ3n) is 7.79. The molecule has 48 heavy (non-hydrogen) atoms. The zero-order chi connectivity index (χ0) is 32.3. The summed E-state index contributed by atoms with van der Waals surface area (Å²) in [5.41, 5.74) is 10.3. The number of hydrogen-bond acceptors (Lipinski definition) is 6. The molecular formula is C42H66N4O2. The van der Waals surface area contributed by atoms with Crippen LogP contribution < -0.4 is 0 Å². The van der Waals surface area contributed by atoms with E-state index < -0.39 is 0 Å². The zero-order valence-electron chi connectivity index (χ0n) is 28.1. The first-order chi connectivity index (χ1) is 20.9. The van der Waals surface area contributed by atoms with Crippen molar-refractivity contribution in [2.45, 2.75) is 141 Å². The Hall–Kier alpha value is -3.93. The van der Waals surface area contributed by atoms with Gasteiger partial charge in [0.15, 0.2) is 0 Å². The van der Waals surface area contributed by atoms with Crippen LogP contribution in [-0.4, -0.2) is 25.9 Å². The van der Waals surface area contributed by atoms with Crippen molar-refractivity contribution in [1.82, 2.24) is 20.1 Å². The van der Waals surface area contributed by atoms with Crippen molar-refractivity contribution in [1.29, 1.82) is 0 Å². The van der Waals surface area contributed by atoms with Crippen LogP contribution in [0.4, 0.5) is 0 Å². The van der Waals surface area contributed by atoms with Gasteiger partial charge in [0.05, 0.1) is 17.6 Å². The first kappa shape index (κ1) is 46.2. The molecule has 0 N–H and O–H groups in total. The molecule has 0 amide bonds. The van der Waals surface area contributed by atoms with Gasteiger partial charge in [0, 0.05) is 49.6 Å². The van der Waals surface area contributed by atoms with E-state index in [4.69, 9.17) is 0 Å². The predicted molar refractivity (Wildman–Crippen MR) is 207 cm³/mol. The predicted octanol–water partition coefficient (Wildman–Crippen LogP) is 11.8. The fraction of sp³-hybridized carbons (Fsp3) is 0.500. The molecule has 266 valence electrons. The monoisotopic (exact) mass is 659 g/mol. The molecule has 0 radical (unpaired) electrons. The molecular weight excluding hydrogens is 592 g/mol. The van der Waals surface area contributed by atoms with Crippen LogP contribution in [-0.2, 0) is 29.5 Å². The summed E-state index contributed by atoms with van der Waals surface area (Å²) in [5.74, 6) is 2.07. The van der Waals surface area contributed by atoms with E-state index in [0.29, 0.717) is 36.4 Å². The van der Waals surface area contributed by atoms with Crippen LogP contribution in [0.3, 0.4) is 0 Å². The second kappa shape index (κ2) is 21.8. The molecule has 0 saturated carbocycles. The summed E-state index contributed by atoms with van der Waals surface area (Å²) in [6.07, 6.45) is 18.3. The van der Waals surface area contributed by atoms with Gasteiger partial charge < -0.3 is 4.52 Å². The first-order valence-corrected chi connectivity index (χ1v) is 15.8. The molecule has 0 aromatic carbocycles. The molecule has 0 spiro atoms. The summed E-state index contributed by atoms with van der Waals surface area (Å²) < 4.78 is 4.63. The molecule has 2 aliphatic rings. The lowest BCUT2D eigenvalue weighted by Gasteiger charge is -2.26. The molecule has 0 aliphatic heterocycles. The molecule has 2 aliphatic carbocycles. The highest BCUT2D eigenvalue weighted by Gasteiger charge is 2.24. The smallest absolute Gasteiger partial charge is 0.139 e. The van der Waals surface area contributed by atoms with Crippen LogP contribution in [0.15, 0.2) is 72.1 Å². The van der Waals surface area contributed by atoms with E-state index in [9.17, 15) is 4.79 Å². The van der Waals surface area contributed by atoms with Gasteiger partial charge in [0.25, 0.3) is 0 Å². The summed E-state index contributed by atoms with van der Waals surface area (Å²) >= 11 is 0. The average molecular weight is 659 g/mol. The van der Waals surface area contributed by atoms with E-state index in [0.717, 1.165) is 24.1 Å². The Morgan fingerprint density at radius 3 is 1.83 bits per heavy atom. The fourth-order valence-corrected chi connectivity index (χ4v) is 5.14. The Balaban J connectivity index is 0. The molecule has 0 bridgehead atoms. The normalized spacial score (nSPS) is 12.2. The maximum absolute atomic E-state index is 11.3. The number of allylic oxidation sites excluding steroid dienone is 1. The Labute approximate surface area is 293 Å². The summed E-state index contributed by atoms with van der Waals surface area (Å²) in [6.45, 7) is 19.6. The molecule has 0 unspecified atom stereocenters. The maximum Gasteiger partial charge on any atom is 0.139 e. The van der Waals surface area contributed by atoms with E-state index in [1.165, 1.54) is 33.5 Å². The number of fused-ring (bicyclic) bond motifs is 2. The molecule has 6 nitrogen and oxygen atoms in total. The number of pyridine rings is 3. The minimum atomic E-state index is 0. The lowest BCUT2D eigenvalue weighted by Crippen LogP contribution is -2.22. The van der Waals surface area contributed by atoms with Crippen LogP contribution >= 0.6 is 0 Å². The molecule has 0 atom stereocenters. The number of Topliss-reactive ketones (excluding diaryl/α,β-unsaturated/α-hetero) is 1. The van der Waals surface area contributed by atoms with Crippen molar-refractivity contribution in [3.8, 4) is 0 Å². The molecule has 0 fully saturated rings. The van der Waals surface area contributed by atoms with Crippen molar-refractivity contribution >= 4 is 11.9 Å². The van der Waals surface area contributed by atoms with Gasteiger partial charge in [-0.15, -0.1) is 0 Å². The summed E-state index contributed by atoms with van der Waals surface area (Å²) in [5, 5.41) is 3.57. The minimum absolute atomic E-state index is 0. The number of ketones is 1. The van der Waals surface area contributed by atoms with Crippen LogP contribution in [0.1, 0.15) is 161 Å². The number of aromatic nitrogens is 4. The lowest BCUT2D eigenvalue weighted by molar-refractivity contribution is -0.118. The Morgan fingerprint density at radius 2 is 1.33 bits per heavy atom. The number of nitrogens with zero attached hydrogens (tertiary/aromatic N) is 4. The van der Waals surface area contributed by atoms with Crippen LogP contribution in [0.2, 0.25) is 0 Å². The van der Waals surface area contributed by atoms with Crippen molar-refractivity contribution in [3.63, 3.8) is 0 Å². The van der Waals surface area contributed by atoms with E-state index in [1.807, 2.05) is 36.9 Å². The highest BCUT2D eigenvalue weighted by atomic mass is 16.5. The van der Waals surface area contributed by atoms with Crippen molar-refractivity contribution in [2.75, 3.05) is 0 Å². The third kappa shape index (κ3) is 13.7. The Kier molecular flexibility index (Phi) is 21.0. The standard InChI is InChI=1S/C13H17NO.C11H13N.C8H11N.C6H9NO.4CH4/c1-13(2,3)11-6-7-14-12-8-9(15)4-5-10(11)12;1-8(2)9-6-7-12-11-5-3-4-10(9)11;1-7(2)8-3-5-9-6-4-8;1-5(2)6-3-7-8-4-6;;;;/h6-7H,4-5,8H2,1-3H3;3-4,6-8H,5H2,1-2H3;3-7H,1-2H3;3-5H,1-2H3;4*1H4. The van der Waals surface area contributed by atoms with Gasteiger partial charge in [-0.3, -0.25) is 19.7 Å². The highest BCUT2D eigenvalue weighted by molar-refractivity contribution is 5.82. The molecule has 0 saturated heterocycles. The summed E-state index contributed by atoms with van der Waals surface area (Å²) in [4.78, 5) is 23.9. The van der Waals surface area contributed by atoms with Crippen LogP contribution in [0.5, 0.6) is 0 Å². The van der Waals surface area contributed by atoms with Gasteiger partial charge >= 0.3 is 0 Å². The quantitative estimate of drug-likeness (QED) is 0.218. The summed E-state index contributed by atoms with van der Waals surface area (Å²) in [6, 6.07) is 8.31. The van der Waals surface area contributed by atoms with Gasteiger partial charge in [-0.1, -0.05) is 109 Å². The van der Waals surface area contributed by atoms with Gasteiger partial charge in [0.1, 0.15) is 12.0 Å². The average Bonchev–Trinajstić information content (AvgIpc) is 3.71. The molecule has 4 aromatic heterocycles. The number of carbonyl (C=O) groups excluding carboxylic acids is 1. The zero-order valence-corrected chi connectivity index (χ0v) is 28.1. The molecule has 4 aromatic rings. The topological polar surface area (TPSA) is 81.8 Å². The first-order valence-electron chi connectivity index (χ1n) is 15.8. The Morgan fingerprint density at radius 1 is 0.729 bits per heavy atom. The van der Waals surface area contributed by atoms with Crippen molar-refractivity contribution in [3.05, 3.63) is 112 Å². The Bertz CT molecular complexity index is 1480. The SMILES string of the molecule is C.C.C.C.CC(C)(C)c1ccnc2c1CCC(=O)C2.CC(C)c1ccnc2c1C=CC2.CC(C)c1ccncc1.CC(C)c1cnoc1. The second-order valence-electron chi connectivity index (χ2n) is 13.3. The van der Waals surface area contributed by atoms with Crippen molar-refractivity contribution in [2.24, 2.45) is 0 Å². The van der Waals surface area contributed by atoms with Gasteiger partial charge in [-0.2, -0.15) is 0 Å². The highest BCUT2D eigenvalue weighted by Crippen LogP contribution is 2.30. The number of hydrogen-bond donors (Lipinski definition) is 0.